The van der Waals surface area contributed by atoms with Crippen molar-refractivity contribution in [2.45, 2.75) is 6.92 Å². The normalized spacial score (nSPS) is 14.6. The number of amides is 3. The molecule has 1 aromatic heterocycles. The van der Waals surface area contributed by atoms with Gasteiger partial charge in [0.05, 0.1) is 15.5 Å². The van der Waals surface area contributed by atoms with Crippen molar-refractivity contribution in [3.8, 4) is 5.69 Å². The Hall–Kier alpha value is -3.89. The fourth-order valence-electron chi connectivity index (χ4n) is 3.29. The van der Waals surface area contributed by atoms with Gasteiger partial charge in [0.25, 0.3) is 16.8 Å². The molecular weight excluding hydrogens is 480 g/mol. The minimum absolute atomic E-state index is 0.0710. The number of halogens is 1. The lowest BCUT2D eigenvalue weighted by molar-refractivity contribution is -0.384. The highest BCUT2D eigenvalue weighted by Crippen LogP contribution is 2.33. The van der Waals surface area contributed by atoms with Crippen LogP contribution in [0, 0.1) is 17.0 Å². The number of nitrogens with zero attached hydrogens (tertiary/aromatic N) is 3. The third-order valence-corrected chi connectivity index (χ3v) is 6.32. The van der Waals surface area contributed by atoms with Crippen molar-refractivity contribution < 1.29 is 19.3 Å². The first-order valence-electron chi connectivity index (χ1n) is 9.96. The van der Waals surface area contributed by atoms with Crippen LogP contribution in [0.4, 0.5) is 16.2 Å². The zero-order valence-corrected chi connectivity index (χ0v) is 19.3. The number of hydrogen-bond acceptors (Lipinski definition) is 6. The molecule has 1 saturated heterocycles. The van der Waals surface area contributed by atoms with Crippen LogP contribution in [0.2, 0.25) is 5.02 Å². The van der Waals surface area contributed by atoms with E-state index < -0.39 is 28.5 Å². The Morgan fingerprint density at radius 3 is 2.71 bits per heavy atom. The molecule has 3 amide bonds. The number of rotatable bonds is 6. The largest absolute Gasteiger partial charge is 0.324 e. The van der Waals surface area contributed by atoms with Crippen LogP contribution in [0.1, 0.15) is 11.3 Å². The van der Waals surface area contributed by atoms with Crippen molar-refractivity contribution >= 4 is 57.9 Å². The van der Waals surface area contributed by atoms with E-state index in [9.17, 15) is 24.5 Å². The van der Waals surface area contributed by atoms with Crippen molar-refractivity contribution in [3.63, 3.8) is 0 Å². The van der Waals surface area contributed by atoms with Gasteiger partial charge in [-0.2, -0.15) is 0 Å². The molecule has 4 rings (SSSR count). The zero-order chi connectivity index (χ0) is 24.4. The first-order valence-corrected chi connectivity index (χ1v) is 11.2. The molecule has 34 heavy (non-hydrogen) atoms. The van der Waals surface area contributed by atoms with E-state index in [1.807, 2.05) is 6.92 Å². The van der Waals surface area contributed by atoms with E-state index in [0.717, 1.165) is 22.2 Å². The number of nitro benzene ring substituents is 1. The minimum Gasteiger partial charge on any atom is -0.324 e. The average Bonchev–Trinajstić information content (AvgIpc) is 3.36. The molecule has 172 valence electrons. The Morgan fingerprint density at radius 1 is 1.18 bits per heavy atom. The average molecular weight is 497 g/mol. The molecule has 3 aromatic rings. The van der Waals surface area contributed by atoms with Gasteiger partial charge in [0, 0.05) is 34.7 Å². The summed E-state index contributed by atoms with van der Waals surface area (Å²) in [4.78, 5) is 49.3. The lowest BCUT2D eigenvalue weighted by Crippen LogP contribution is -2.36. The lowest BCUT2D eigenvalue weighted by Gasteiger charge is -2.13. The zero-order valence-electron chi connectivity index (χ0n) is 17.7. The number of aryl methyl sites for hydroxylation is 1. The highest BCUT2D eigenvalue weighted by molar-refractivity contribution is 8.18. The van der Waals surface area contributed by atoms with Gasteiger partial charge in [-0.05, 0) is 60.7 Å². The monoisotopic (exact) mass is 496 g/mol. The van der Waals surface area contributed by atoms with Gasteiger partial charge in [0.15, 0.2) is 0 Å². The van der Waals surface area contributed by atoms with Gasteiger partial charge in [-0.3, -0.25) is 29.4 Å². The number of imide groups is 1. The molecule has 1 N–H and O–H groups in total. The summed E-state index contributed by atoms with van der Waals surface area (Å²) < 4.78 is 1.66. The summed E-state index contributed by atoms with van der Waals surface area (Å²) in [5.41, 5.74) is 2.31. The van der Waals surface area contributed by atoms with Crippen molar-refractivity contribution in [2.75, 3.05) is 11.9 Å². The van der Waals surface area contributed by atoms with Crippen LogP contribution in [-0.4, -0.2) is 38.0 Å². The summed E-state index contributed by atoms with van der Waals surface area (Å²) >= 11 is 6.79. The van der Waals surface area contributed by atoms with Crippen LogP contribution in [0.3, 0.4) is 0 Å². The van der Waals surface area contributed by atoms with E-state index in [1.165, 1.54) is 18.2 Å². The summed E-state index contributed by atoms with van der Waals surface area (Å²) in [6.07, 6.45) is 3.21. The van der Waals surface area contributed by atoms with Crippen molar-refractivity contribution in [1.82, 2.24) is 9.47 Å². The van der Waals surface area contributed by atoms with Crippen molar-refractivity contribution in [2.24, 2.45) is 0 Å². The quantitative estimate of drug-likeness (QED) is 0.291. The van der Waals surface area contributed by atoms with Crippen molar-refractivity contribution in [3.05, 3.63) is 92.1 Å². The Labute approximate surface area is 203 Å². The molecule has 0 bridgehead atoms. The van der Waals surface area contributed by atoms with E-state index in [0.29, 0.717) is 22.1 Å². The number of thioether (sulfide) groups is 1. The third-order valence-electron chi connectivity index (χ3n) is 5.01. The molecule has 2 heterocycles. The molecule has 2 aromatic carbocycles. The maximum absolute atomic E-state index is 12.8. The van der Waals surface area contributed by atoms with Crippen LogP contribution in [0.15, 0.2) is 65.7 Å². The number of nitrogens with one attached hydrogen (secondary N) is 1. The van der Waals surface area contributed by atoms with E-state index in [4.69, 9.17) is 11.6 Å². The second-order valence-corrected chi connectivity index (χ2v) is 8.76. The predicted octanol–water partition coefficient (Wildman–Crippen LogP) is 5.02. The maximum Gasteiger partial charge on any atom is 0.294 e. The van der Waals surface area contributed by atoms with Crippen LogP contribution < -0.4 is 5.32 Å². The summed E-state index contributed by atoms with van der Waals surface area (Å²) in [5, 5.41) is 13.6. The molecular formula is C23H17ClN4O5S. The van der Waals surface area contributed by atoms with Crippen molar-refractivity contribution in [1.29, 1.82) is 0 Å². The van der Waals surface area contributed by atoms with Crippen LogP contribution in [-0.2, 0) is 9.59 Å². The maximum atomic E-state index is 12.8. The minimum atomic E-state index is -0.598. The fourth-order valence-corrected chi connectivity index (χ4v) is 4.29. The SMILES string of the molecule is Cc1ccc(NC(=O)CN2C(=O)S/C(=C\c3cccn3-c3cccc([N+](=O)[O-])c3)C2=O)cc1Cl. The molecule has 1 aliphatic rings. The summed E-state index contributed by atoms with van der Waals surface area (Å²) in [6, 6.07) is 14.5. The topological polar surface area (TPSA) is 115 Å². The summed E-state index contributed by atoms with van der Waals surface area (Å²) in [6.45, 7) is 1.38. The van der Waals surface area contributed by atoms with Crippen LogP contribution in [0.25, 0.3) is 11.8 Å². The van der Waals surface area contributed by atoms with Gasteiger partial charge < -0.3 is 9.88 Å². The van der Waals surface area contributed by atoms with Gasteiger partial charge in [-0.15, -0.1) is 0 Å². The van der Waals surface area contributed by atoms with E-state index in [2.05, 4.69) is 5.32 Å². The van der Waals surface area contributed by atoms with Gasteiger partial charge in [-0.25, -0.2) is 0 Å². The molecule has 0 atom stereocenters. The highest BCUT2D eigenvalue weighted by atomic mass is 35.5. The molecule has 0 spiro atoms. The summed E-state index contributed by atoms with van der Waals surface area (Å²) in [5.74, 6) is -1.14. The van der Waals surface area contributed by atoms with E-state index in [-0.39, 0.29) is 10.6 Å². The Balaban J connectivity index is 1.51. The molecule has 1 fully saturated rings. The number of aromatic nitrogens is 1. The number of anilines is 1. The first-order chi connectivity index (χ1) is 16.2. The standard InChI is InChI=1S/C23H17ClN4O5S/c1-14-7-8-15(10-19(14)24)25-21(29)13-27-22(30)20(34-23(27)31)12-17-6-3-9-26(17)16-4-2-5-18(11-16)28(32)33/h2-12H,13H2,1H3,(H,25,29)/b20-12-. The van der Waals surface area contributed by atoms with Gasteiger partial charge >= 0.3 is 0 Å². The molecule has 11 heteroatoms. The number of nitro groups is 1. The second-order valence-electron chi connectivity index (χ2n) is 7.36. The Morgan fingerprint density at radius 2 is 1.97 bits per heavy atom. The first kappa shape index (κ1) is 23.3. The molecule has 0 unspecified atom stereocenters. The molecule has 9 nitrogen and oxygen atoms in total. The van der Waals surface area contributed by atoms with Crippen LogP contribution >= 0.6 is 23.4 Å². The Kier molecular flexibility index (Phi) is 6.53. The van der Waals surface area contributed by atoms with Gasteiger partial charge in [-0.1, -0.05) is 23.7 Å². The number of carbonyl (C=O) groups excluding carboxylic acids is 3. The number of benzene rings is 2. The third kappa shape index (κ3) is 4.87. The van der Waals surface area contributed by atoms with Gasteiger partial charge in [0.1, 0.15) is 6.54 Å². The summed E-state index contributed by atoms with van der Waals surface area (Å²) in [7, 11) is 0. The Bertz CT molecular complexity index is 1370. The lowest BCUT2D eigenvalue weighted by atomic mass is 10.2. The molecule has 0 saturated carbocycles. The second kappa shape index (κ2) is 9.54. The number of non-ortho nitro benzene ring substituents is 1. The number of hydrogen-bond donors (Lipinski definition) is 1. The highest BCUT2D eigenvalue weighted by Gasteiger charge is 2.36. The molecule has 0 aliphatic carbocycles. The van der Waals surface area contributed by atoms with Crippen LogP contribution in [0.5, 0.6) is 0 Å². The molecule has 1 aliphatic heterocycles. The fraction of sp³-hybridized carbons (Fsp3) is 0.0870. The number of carbonyl (C=O) groups is 3. The van der Waals surface area contributed by atoms with E-state index >= 15 is 0 Å². The molecule has 0 radical (unpaired) electrons. The van der Waals surface area contributed by atoms with Gasteiger partial charge in [0.2, 0.25) is 5.91 Å². The smallest absolute Gasteiger partial charge is 0.294 e. The van der Waals surface area contributed by atoms with E-state index in [1.54, 1.807) is 53.2 Å². The predicted molar refractivity (Wildman–Crippen MR) is 130 cm³/mol.